The molecule has 3 atom stereocenters. The number of likely N-dealkylation sites (tertiary alicyclic amines) is 1. The molecule has 2 amide bonds. The second kappa shape index (κ2) is 4.30. The number of rotatable bonds is 5. The maximum absolute atomic E-state index is 12.1. The number of fused-ring (bicyclic) bond motifs is 1. The lowest BCUT2D eigenvalue weighted by molar-refractivity contribution is -0.143. The third-order valence-electron chi connectivity index (χ3n) is 4.29. The van der Waals surface area contributed by atoms with Crippen molar-refractivity contribution in [2.45, 2.75) is 33.6 Å². The van der Waals surface area contributed by atoms with Gasteiger partial charge in [-0.3, -0.25) is 14.5 Å². The highest BCUT2D eigenvalue weighted by molar-refractivity contribution is 7.80. The molecule has 0 bridgehead atoms. The molecule has 17 heavy (non-hydrogen) atoms. The van der Waals surface area contributed by atoms with Gasteiger partial charge >= 0.3 is 0 Å². The Hall–Kier alpha value is -0.510. The molecule has 0 spiro atoms. The first-order chi connectivity index (χ1) is 7.95. The van der Waals surface area contributed by atoms with E-state index in [0.29, 0.717) is 12.5 Å². The number of carbonyl (C=O) groups is 2. The molecular weight excluding hydrogens is 234 g/mol. The topological polar surface area (TPSA) is 37.4 Å². The van der Waals surface area contributed by atoms with Gasteiger partial charge in [0.1, 0.15) is 0 Å². The summed E-state index contributed by atoms with van der Waals surface area (Å²) in [5.74, 6) is 1.09. The van der Waals surface area contributed by atoms with E-state index in [-0.39, 0.29) is 29.1 Å². The Bertz CT molecular complexity index is 329. The predicted molar refractivity (Wildman–Crippen MR) is 69.7 cm³/mol. The van der Waals surface area contributed by atoms with Crippen LogP contribution >= 0.6 is 12.6 Å². The monoisotopic (exact) mass is 255 g/mol. The van der Waals surface area contributed by atoms with Gasteiger partial charge in [-0.25, -0.2) is 0 Å². The van der Waals surface area contributed by atoms with E-state index in [1.54, 1.807) is 0 Å². The van der Waals surface area contributed by atoms with Crippen LogP contribution in [0.15, 0.2) is 0 Å². The van der Waals surface area contributed by atoms with Gasteiger partial charge in [0.25, 0.3) is 0 Å². The van der Waals surface area contributed by atoms with Crippen molar-refractivity contribution in [3.05, 3.63) is 0 Å². The summed E-state index contributed by atoms with van der Waals surface area (Å²) in [6, 6.07) is 0. The summed E-state index contributed by atoms with van der Waals surface area (Å²) in [4.78, 5) is 25.7. The molecule has 0 N–H and O–H groups in total. The lowest BCUT2D eigenvalue weighted by atomic mass is 10.0. The highest BCUT2D eigenvalue weighted by Crippen LogP contribution is 2.63. The first kappa shape index (κ1) is 12.9. The fourth-order valence-corrected chi connectivity index (χ4v) is 3.39. The van der Waals surface area contributed by atoms with E-state index in [4.69, 9.17) is 0 Å². The van der Waals surface area contributed by atoms with Crippen molar-refractivity contribution in [2.75, 3.05) is 12.3 Å². The van der Waals surface area contributed by atoms with Gasteiger partial charge in [-0.1, -0.05) is 27.2 Å². The second-order valence-corrected chi connectivity index (χ2v) is 6.27. The standard InChI is InChI=1S/C13H21NO2S/c1-4-5-8(7-17)6-14-11(15)9-10(12(14)16)13(9,2)3/h8-10,17H,4-7H2,1-3H3. The fraction of sp³-hybridized carbons (Fsp3) is 0.846. The minimum absolute atomic E-state index is 0.0443. The molecule has 96 valence electrons. The van der Waals surface area contributed by atoms with Crippen molar-refractivity contribution >= 4 is 24.4 Å². The molecule has 0 radical (unpaired) electrons. The molecule has 3 unspecified atom stereocenters. The van der Waals surface area contributed by atoms with E-state index in [1.807, 2.05) is 13.8 Å². The van der Waals surface area contributed by atoms with Crippen molar-refractivity contribution in [2.24, 2.45) is 23.2 Å². The Morgan fingerprint density at radius 2 is 1.82 bits per heavy atom. The van der Waals surface area contributed by atoms with Crippen LogP contribution in [-0.2, 0) is 9.59 Å². The molecule has 1 saturated heterocycles. The summed E-state index contributed by atoms with van der Waals surface area (Å²) in [6.45, 7) is 6.71. The molecule has 2 fully saturated rings. The van der Waals surface area contributed by atoms with Crippen molar-refractivity contribution in [1.82, 2.24) is 4.90 Å². The average Bonchev–Trinajstić information content (AvgIpc) is 2.74. The third kappa shape index (κ3) is 1.90. The van der Waals surface area contributed by atoms with E-state index < -0.39 is 0 Å². The SMILES string of the molecule is CCCC(CS)CN1C(=O)C2C(C1=O)C2(C)C. The zero-order valence-electron chi connectivity index (χ0n) is 10.8. The van der Waals surface area contributed by atoms with E-state index >= 15 is 0 Å². The van der Waals surface area contributed by atoms with E-state index in [9.17, 15) is 9.59 Å². The Morgan fingerprint density at radius 1 is 1.29 bits per heavy atom. The van der Waals surface area contributed by atoms with Gasteiger partial charge in [0.2, 0.25) is 11.8 Å². The number of hydrogen-bond donors (Lipinski definition) is 1. The number of piperidine rings is 1. The van der Waals surface area contributed by atoms with Crippen LogP contribution in [0, 0.1) is 23.2 Å². The smallest absolute Gasteiger partial charge is 0.233 e. The van der Waals surface area contributed by atoms with Gasteiger partial charge in [-0.2, -0.15) is 12.6 Å². The molecule has 0 aromatic carbocycles. The Morgan fingerprint density at radius 3 is 2.24 bits per heavy atom. The summed E-state index contributed by atoms with van der Waals surface area (Å²) in [7, 11) is 0. The fourth-order valence-electron chi connectivity index (χ4n) is 3.09. The predicted octanol–water partition coefficient (Wildman–Crippen LogP) is 1.97. The number of nitrogens with zero attached hydrogens (tertiary/aromatic N) is 1. The van der Waals surface area contributed by atoms with Gasteiger partial charge in [0, 0.05) is 6.54 Å². The van der Waals surface area contributed by atoms with Crippen LogP contribution in [0.1, 0.15) is 33.6 Å². The number of carbonyl (C=O) groups excluding carboxylic acids is 2. The van der Waals surface area contributed by atoms with Gasteiger partial charge in [-0.05, 0) is 23.5 Å². The molecule has 3 nitrogen and oxygen atoms in total. The van der Waals surface area contributed by atoms with Crippen LogP contribution in [0.3, 0.4) is 0 Å². The molecule has 0 aromatic rings. The van der Waals surface area contributed by atoms with Crippen LogP contribution in [-0.4, -0.2) is 29.0 Å². The van der Waals surface area contributed by atoms with Crippen molar-refractivity contribution in [3.63, 3.8) is 0 Å². The molecule has 4 heteroatoms. The first-order valence-corrected chi connectivity index (χ1v) is 7.04. The average molecular weight is 255 g/mol. The molecule has 1 aliphatic heterocycles. The molecule has 2 aliphatic rings. The molecule has 1 aliphatic carbocycles. The lowest BCUT2D eigenvalue weighted by Crippen LogP contribution is -2.40. The highest BCUT2D eigenvalue weighted by Gasteiger charge is 2.72. The third-order valence-corrected chi connectivity index (χ3v) is 4.80. The largest absolute Gasteiger partial charge is 0.282 e. The first-order valence-electron chi connectivity index (χ1n) is 6.41. The van der Waals surface area contributed by atoms with E-state index in [2.05, 4.69) is 19.6 Å². The maximum atomic E-state index is 12.1. The molecule has 2 rings (SSSR count). The minimum Gasteiger partial charge on any atom is -0.282 e. The normalized spacial score (nSPS) is 31.6. The van der Waals surface area contributed by atoms with E-state index in [1.165, 1.54) is 4.90 Å². The van der Waals surface area contributed by atoms with Crippen LogP contribution < -0.4 is 0 Å². The summed E-state index contributed by atoms with van der Waals surface area (Å²) in [6.07, 6.45) is 2.10. The van der Waals surface area contributed by atoms with Crippen molar-refractivity contribution in [3.8, 4) is 0 Å². The zero-order valence-corrected chi connectivity index (χ0v) is 11.7. The van der Waals surface area contributed by atoms with Crippen LogP contribution in [0.25, 0.3) is 0 Å². The van der Waals surface area contributed by atoms with E-state index in [0.717, 1.165) is 18.6 Å². The lowest BCUT2D eigenvalue weighted by Gasteiger charge is -2.24. The highest BCUT2D eigenvalue weighted by atomic mass is 32.1. The van der Waals surface area contributed by atoms with Crippen LogP contribution in [0.4, 0.5) is 0 Å². The molecule has 1 heterocycles. The number of hydrogen-bond acceptors (Lipinski definition) is 3. The Kier molecular flexibility index (Phi) is 3.27. The number of thiol groups is 1. The minimum atomic E-state index is -0.0914. The van der Waals surface area contributed by atoms with Crippen molar-refractivity contribution < 1.29 is 9.59 Å². The Balaban J connectivity index is 2.01. The van der Waals surface area contributed by atoms with Crippen LogP contribution in [0.5, 0.6) is 0 Å². The number of imide groups is 1. The molecule has 0 aromatic heterocycles. The summed E-state index contributed by atoms with van der Waals surface area (Å²) < 4.78 is 0. The summed E-state index contributed by atoms with van der Waals surface area (Å²) >= 11 is 4.30. The quantitative estimate of drug-likeness (QED) is 0.602. The number of amides is 2. The van der Waals surface area contributed by atoms with Gasteiger partial charge < -0.3 is 0 Å². The van der Waals surface area contributed by atoms with Gasteiger partial charge in [-0.15, -0.1) is 0 Å². The van der Waals surface area contributed by atoms with Gasteiger partial charge in [0.05, 0.1) is 11.8 Å². The molecule has 1 saturated carbocycles. The maximum Gasteiger partial charge on any atom is 0.233 e. The van der Waals surface area contributed by atoms with Crippen LogP contribution in [0.2, 0.25) is 0 Å². The second-order valence-electron chi connectivity index (χ2n) is 5.90. The Labute approximate surface area is 108 Å². The zero-order chi connectivity index (χ0) is 12.8. The van der Waals surface area contributed by atoms with Crippen molar-refractivity contribution in [1.29, 1.82) is 0 Å². The molecular formula is C13H21NO2S. The van der Waals surface area contributed by atoms with Gasteiger partial charge in [0.15, 0.2) is 0 Å². The summed E-state index contributed by atoms with van der Waals surface area (Å²) in [5.41, 5.74) is -0.0914. The summed E-state index contributed by atoms with van der Waals surface area (Å²) in [5, 5.41) is 0.